The van der Waals surface area contributed by atoms with Crippen LogP contribution in [0.4, 0.5) is 0 Å². The third-order valence-corrected chi connectivity index (χ3v) is 8.68. The second-order valence-electron chi connectivity index (χ2n) is 10.2. The van der Waals surface area contributed by atoms with Crippen LogP contribution in [0.1, 0.15) is 77.6 Å². The number of aliphatic hydroxyl groups excluding tert-OH is 2. The number of benzene rings is 2. The minimum absolute atomic E-state index is 0.0257. The van der Waals surface area contributed by atoms with Gasteiger partial charge in [0.2, 0.25) is 0 Å². The van der Waals surface area contributed by atoms with Crippen molar-refractivity contribution in [3.8, 4) is 5.75 Å². The second kappa shape index (κ2) is 7.75. The number of aryl methyl sites for hydroxylation is 1. The Bertz CT molecular complexity index is 995. The van der Waals surface area contributed by atoms with Crippen molar-refractivity contribution in [2.75, 3.05) is 0 Å². The van der Waals surface area contributed by atoms with E-state index in [1.165, 1.54) is 11.1 Å². The topological polar surface area (TPSA) is 77.8 Å². The lowest BCUT2D eigenvalue weighted by Gasteiger charge is -2.50. The molecule has 2 saturated carbocycles. The maximum absolute atomic E-state index is 12.8. The van der Waals surface area contributed by atoms with Crippen LogP contribution < -0.4 is 0 Å². The van der Waals surface area contributed by atoms with E-state index in [1.54, 1.807) is 24.3 Å². The van der Waals surface area contributed by atoms with Crippen molar-refractivity contribution in [1.29, 1.82) is 0 Å². The molecule has 4 nitrogen and oxygen atoms in total. The molecular weight excluding hydrogens is 388 g/mol. The van der Waals surface area contributed by atoms with Crippen LogP contribution in [0.25, 0.3) is 0 Å². The molecule has 0 spiro atoms. The zero-order chi connectivity index (χ0) is 21.8. The van der Waals surface area contributed by atoms with Gasteiger partial charge in [-0.25, -0.2) is 0 Å². The molecule has 0 amide bonds. The van der Waals surface area contributed by atoms with E-state index in [-0.39, 0.29) is 36.1 Å². The van der Waals surface area contributed by atoms with Gasteiger partial charge in [-0.3, -0.25) is 4.79 Å². The fraction of sp³-hybridized carbons (Fsp3) is 0.519. The Morgan fingerprint density at radius 3 is 2.61 bits per heavy atom. The van der Waals surface area contributed by atoms with E-state index in [4.69, 9.17) is 0 Å². The Morgan fingerprint density at radius 2 is 1.87 bits per heavy atom. The molecule has 0 aromatic heterocycles. The number of ketones is 1. The van der Waals surface area contributed by atoms with E-state index < -0.39 is 0 Å². The molecule has 2 fully saturated rings. The van der Waals surface area contributed by atoms with Crippen LogP contribution in [0.2, 0.25) is 0 Å². The number of phenols is 1. The van der Waals surface area contributed by atoms with Gasteiger partial charge in [0.05, 0.1) is 12.7 Å². The molecule has 3 aliphatic rings. The van der Waals surface area contributed by atoms with Gasteiger partial charge in [0, 0.05) is 17.5 Å². The van der Waals surface area contributed by atoms with Crippen molar-refractivity contribution in [3.63, 3.8) is 0 Å². The first kappa shape index (κ1) is 20.7. The number of aliphatic hydroxyl groups is 2. The van der Waals surface area contributed by atoms with E-state index >= 15 is 0 Å². The molecule has 5 atom stereocenters. The molecule has 3 unspecified atom stereocenters. The molecule has 0 aliphatic heterocycles. The zero-order valence-corrected chi connectivity index (χ0v) is 18.2. The molecule has 164 valence electrons. The summed E-state index contributed by atoms with van der Waals surface area (Å²) in [5.74, 6) is 1.81. The quantitative estimate of drug-likeness (QED) is 0.635. The summed E-state index contributed by atoms with van der Waals surface area (Å²) in [6.45, 7) is 2.24. The molecule has 0 radical (unpaired) electrons. The molecule has 5 rings (SSSR count). The van der Waals surface area contributed by atoms with Crippen molar-refractivity contribution in [1.82, 2.24) is 0 Å². The number of rotatable bonds is 4. The smallest absolute Gasteiger partial charge is 0.167 e. The van der Waals surface area contributed by atoms with Crippen molar-refractivity contribution in [2.24, 2.45) is 17.3 Å². The maximum atomic E-state index is 12.8. The highest BCUT2D eigenvalue weighted by atomic mass is 16.3. The van der Waals surface area contributed by atoms with E-state index in [9.17, 15) is 20.1 Å². The number of carbonyl (C=O) groups excluding carboxylic acids is 1. The predicted molar refractivity (Wildman–Crippen MR) is 119 cm³/mol. The molecule has 4 heteroatoms. The first-order chi connectivity index (χ1) is 14.9. The number of phenolic OH excluding ortho intramolecular Hbond substituents is 1. The second-order valence-corrected chi connectivity index (χ2v) is 10.2. The van der Waals surface area contributed by atoms with Gasteiger partial charge in [-0.1, -0.05) is 37.3 Å². The van der Waals surface area contributed by atoms with Crippen molar-refractivity contribution >= 4 is 5.78 Å². The summed E-state index contributed by atoms with van der Waals surface area (Å²) in [7, 11) is 0. The molecular formula is C27H32O4. The van der Waals surface area contributed by atoms with Crippen LogP contribution in [0.5, 0.6) is 5.75 Å². The van der Waals surface area contributed by atoms with E-state index in [2.05, 4.69) is 13.0 Å². The third-order valence-electron chi connectivity index (χ3n) is 8.68. The van der Waals surface area contributed by atoms with Gasteiger partial charge in [0.15, 0.2) is 5.78 Å². The highest BCUT2D eigenvalue weighted by Crippen LogP contribution is 2.61. The average Bonchev–Trinajstić information content (AvgIpc) is 3.08. The van der Waals surface area contributed by atoms with Gasteiger partial charge in [-0.2, -0.15) is 0 Å². The minimum atomic E-state index is -0.176. The third kappa shape index (κ3) is 3.41. The molecule has 0 heterocycles. The minimum Gasteiger partial charge on any atom is -0.508 e. The van der Waals surface area contributed by atoms with Crippen LogP contribution in [0, 0.1) is 17.3 Å². The lowest BCUT2D eigenvalue weighted by Crippen LogP contribution is -2.43. The molecule has 3 aliphatic carbocycles. The van der Waals surface area contributed by atoms with Crippen molar-refractivity contribution in [2.45, 2.75) is 70.5 Å². The molecule has 0 bridgehead atoms. The summed E-state index contributed by atoms with van der Waals surface area (Å²) < 4.78 is 0. The van der Waals surface area contributed by atoms with Crippen molar-refractivity contribution in [3.05, 3.63) is 64.2 Å². The van der Waals surface area contributed by atoms with Gasteiger partial charge in [-0.15, -0.1) is 0 Å². The summed E-state index contributed by atoms with van der Waals surface area (Å²) in [6.07, 6.45) is 6.24. The Kier molecular flexibility index (Phi) is 5.18. The Balaban J connectivity index is 1.41. The average molecular weight is 421 g/mol. The SMILES string of the molecule is C[C@]12CCC3c4cc(CC(=O)c5ccc(CO)cc5)c(O)cc4CCC3C1CC[C@@H]2O. The van der Waals surface area contributed by atoms with Gasteiger partial charge in [0.25, 0.3) is 0 Å². The Labute approximate surface area is 183 Å². The first-order valence-electron chi connectivity index (χ1n) is 11.7. The summed E-state index contributed by atoms with van der Waals surface area (Å²) in [5.41, 5.74) is 4.67. The fourth-order valence-corrected chi connectivity index (χ4v) is 6.84. The highest BCUT2D eigenvalue weighted by Gasteiger charge is 2.54. The number of hydrogen-bond donors (Lipinski definition) is 3. The monoisotopic (exact) mass is 420 g/mol. The Morgan fingerprint density at radius 1 is 1.10 bits per heavy atom. The Hall–Kier alpha value is -2.17. The summed E-state index contributed by atoms with van der Waals surface area (Å²) in [6, 6.07) is 11.0. The van der Waals surface area contributed by atoms with Crippen LogP contribution in [-0.2, 0) is 19.4 Å². The standard InChI is InChI=1S/C27H32O4/c1-27-11-10-20-21(23(27)8-9-26(27)31)7-6-18-13-25(30)19(12-22(18)20)14-24(29)17-4-2-16(15-28)3-5-17/h2-5,12-13,20-21,23,26,28,30-31H,6-11,14-15H2,1H3/t20?,21?,23?,26-,27-/m0/s1. The maximum Gasteiger partial charge on any atom is 0.167 e. The largest absolute Gasteiger partial charge is 0.508 e. The summed E-state index contributed by atoms with van der Waals surface area (Å²) in [4.78, 5) is 12.8. The van der Waals surface area contributed by atoms with Crippen LogP contribution in [-0.4, -0.2) is 27.2 Å². The summed E-state index contributed by atoms with van der Waals surface area (Å²) >= 11 is 0. The highest BCUT2D eigenvalue weighted by molar-refractivity contribution is 5.97. The van der Waals surface area contributed by atoms with E-state index in [0.29, 0.717) is 28.9 Å². The number of aromatic hydroxyl groups is 1. The molecule has 0 saturated heterocycles. The van der Waals surface area contributed by atoms with Crippen LogP contribution >= 0.6 is 0 Å². The summed E-state index contributed by atoms with van der Waals surface area (Å²) in [5, 5.41) is 30.5. The van der Waals surface area contributed by atoms with E-state index in [0.717, 1.165) is 44.1 Å². The van der Waals surface area contributed by atoms with Gasteiger partial charge < -0.3 is 15.3 Å². The normalized spacial score (nSPS) is 31.6. The first-order valence-corrected chi connectivity index (χ1v) is 11.7. The molecule has 2 aromatic rings. The van der Waals surface area contributed by atoms with E-state index in [1.807, 2.05) is 6.07 Å². The fourth-order valence-electron chi connectivity index (χ4n) is 6.84. The number of hydrogen-bond acceptors (Lipinski definition) is 4. The number of Topliss-reactive ketones (excluding diaryl/α,β-unsaturated/α-hetero) is 1. The zero-order valence-electron chi connectivity index (χ0n) is 18.2. The lowest BCUT2D eigenvalue weighted by atomic mass is 9.55. The van der Waals surface area contributed by atoms with Crippen LogP contribution in [0.15, 0.2) is 36.4 Å². The van der Waals surface area contributed by atoms with Gasteiger partial charge in [0.1, 0.15) is 5.75 Å². The van der Waals surface area contributed by atoms with Crippen LogP contribution in [0.3, 0.4) is 0 Å². The number of carbonyl (C=O) groups is 1. The van der Waals surface area contributed by atoms with Crippen molar-refractivity contribution < 1.29 is 20.1 Å². The number of fused-ring (bicyclic) bond motifs is 5. The van der Waals surface area contributed by atoms with Gasteiger partial charge >= 0.3 is 0 Å². The molecule has 2 aromatic carbocycles. The predicted octanol–water partition coefficient (Wildman–Crippen LogP) is 4.53. The molecule has 3 N–H and O–H groups in total. The molecule has 31 heavy (non-hydrogen) atoms. The lowest BCUT2D eigenvalue weighted by molar-refractivity contribution is -0.0226. The van der Waals surface area contributed by atoms with Gasteiger partial charge in [-0.05, 0) is 84.5 Å².